The molecule has 3 aliphatic rings. The van der Waals surface area contributed by atoms with Crippen LogP contribution in [0.5, 0.6) is 0 Å². The van der Waals surface area contributed by atoms with Crippen LogP contribution in [0.2, 0.25) is 0 Å². The van der Waals surface area contributed by atoms with Gasteiger partial charge in [0.1, 0.15) is 11.6 Å². The van der Waals surface area contributed by atoms with E-state index in [1.165, 1.54) is 6.20 Å². The summed E-state index contributed by atoms with van der Waals surface area (Å²) in [6.45, 7) is 7.98. The number of hydrogen-bond donors (Lipinski definition) is 1. The lowest BCUT2D eigenvalue weighted by Crippen LogP contribution is -2.39. The number of piperidine rings is 1. The molecule has 2 aliphatic heterocycles. The molecule has 3 fully saturated rings. The van der Waals surface area contributed by atoms with Gasteiger partial charge in [-0.2, -0.15) is 13.2 Å². The Balaban J connectivity index is 1.39. The topological polar surface area (TPSA) is 69.2 Å². The molecule has 168 valence electrons. The number of likely N-dealkylation sites (tertiary alicyclic amines) is 1. The first-order valence-electron chi connectivity index (χ1n) is 11.0. The number of fused-ring (bicyclic) bond motifs is 1. The van der Waals surface area contributed by atoms with E-state index in [9.17, 15) is 13.2 Å². The zero-order valence-corrected chi connectivity index (χ0v) is 17.8. The Labute approximate surface area is 179 Å². The fourth-order valence-electron chi connectivity index (χ4n) is 5.34. The summed E-state index contributed by atoms with van der Waals surface area (Å²) in [5, 5.41) is 0. The molecule has 2 aromatic heterocycles. The second-order valence-corrected chi connectivity index (χ2v) is 9.32. The molecular formula is C22H28F3N5O. The van der Waals surface area contributed by atoms with Gasteiger partial charge in [0, 0.05) is 62.3 Å². The number of nitrogens with two attached hydrogens (primary N) is 1. The molecule has 0 spiro atoms. The molecule has 2 aromatic rings. The standard InChI is InChI=1S/C22H28F3N5O/c1-12(2)21-28-18(13-7-17(22(23,24)25)20(26)27-8-13)11-30(21)19-15-9-29(10-16(15)19)14-3-5-31-6-4-14/h7-8,11-12,14-16,19H,3-6,9-10H2,1-2H3,(H2,26,27)/t15-,16+,19+. The minimum absolute atomic E-state index is 0.172. The molecule has 0 radical (unpaired) electrons. The molecule has 5 rings (SSSR count). The van der Waals surface area contributed by atoms with Crippen molar-refractivity contribution in [3.05, 3.63) is 29.8 Å². The minimum Gasteiger partial charge on any atom is -0.383 e. The molecule has 0 bridgehead atoms. The van der Waals surface area contributed by atoms with E-state index in [-0.39, 0.29) is 5.92 Å². The predicted molar refractivity (Wildman–Crippen MR) is 110 cm³/mol. The number of halogens is 3. The predicted octanol–water partition coefficient (Wildman–Crippen LogP) is 3.95. The van der Waals surface area contributed by atoms with Crippen molar-refractivity contribution in [2.75, 3.05) is 32.0 Å². The third kappa shape index (κ3) is 3.71. The first-order chi connectivity index (χ1) is 14.7. The number of nitrogens with zero attached hydrogens (tertiary/aromatic N) is 4. The van der Waals surface area contributed by atoms with Crippen molar-refractivity contribution in [2.24, 2.45) is 11.8 Å². The van der Waals surface area contributed by atoms with Crippen LogP contribution in [-0.2, 0) is 10.9 Å². The molecule has 2 saturated heterocycles. The molecule has 4 heterocycles. The summed E-state index contributed by atoms with van der Waals surface area (Å²) in [5.41, 5.74) is 5.41. The maximum absolute atomic E-state index is 13.3. The lowest BCUT2D eigenvalue weighted by atomic mass is 10.1. The summed E-state index contributed by atoms with van der Waals surface area (Å²) in [6.07, 6.45) is 0.939. The van der Waals surface area contributed by atoms with Crippen LogP contribution in [0.25, 0.3) is 11.3 Å². The van der Waals surface area contributed by atoms with Crippen molar-refractivity contribution in [3.8, 4) is 11.3 Å². The van der Waals surface area contributed by atoms with Crippen molar-refractivity contribution in [1.29, 1.82) is 0 Å². The van der Waals surface area contributed by atoms with Gasteiger partial charge in [-0.1, -0.05) is 13.8 Å². The number of imidazole rings is 1. The van der Waals surface area contributed by atoms with Crippen molar-refractivity contribution < 1.29 is 17.9 Å². The van der Waals surface area contributed by atoms with E-state index >= 15 is 0 Å². The fraction of sp³-hybridized carbons (Fsp3) is 0.636. The molecule has 31 heavy (non-hydrogen) atoms. The highest BCUT2D eigenvalue weighted by Gasteiger charge is 2.58. The number of hydrogen-bond acceptors (Lipinski definition) is 5. The van der Waals surface area contributed by atoms with E-state index in [0.717, 1.165) is 51.0 Å². The summed E-state index contributed by atoms with van der Waals surface area (Å²) in [4.78, 5) is 11.1. The Kier molecular flexibility index (Phi) is 5.01. The third-order valence-corrected chi connectivity index (χ3v) is 7.00. The largest absolute Gasteiger partial charge is 0.419 e. The molecule has 6 nitrogen and oxygen atoms in total. The molecule has 0 amide bonds. The lowest BCUT2D eigenvalue weighted by molar-refractivity contribution is -0.137. The van der Waals surface area contributed by atoms with Gasteiger partial charge >= 0.3 is 6.18 Å². The molecular weight excluding hydrogens is 407 g/mol. The molecule has 3 atom stereocenters. The van der Waals surface area contributed by atoms with Crippen LogP contribution >= 0.6 is 0 Å². The SMILES string of the molecule is CC(C)c1nc(-c2cnc(N)c(C(F)(F)F)c2)cn1[C@H]1[C@@H]2CN(C3CCOCC3)C[C@@H]21. The highest BCUT2D eigenvalue weighted by Crippen LogP contribution is 2.57. The van der Waals surface area contributed by atoms with Gasteiger partial charge in [-0.3, -0.25) is 4.90 Å². The number of nitrogen functional groups attached to an aromatic ring is 1. The molecule has 1 aliphatic carbocycles. The van der Waals surface area contributed by atoms with Crippen LogP contribution in [0.1, 0.15) is 50.0 Å². The number of alkyl halides is 3. The van der Waals surface area contributed by atoms with Crippen LogP contribution in [0.4, 0.5) is 19.0 Å². The van der Waals surface area contributed by atoms with Gasteiger partial charge in [-0.15, -0.1) is 0 Å². The van der Waals surface area contributed by atoms with E-state index in [1.54, 1.807) is 0 Å². The second kappa shape index (κ2) is 7.48. The lowest BCUT2D eigenvalue weighted by Gasteiger charge is -2.32. The third-order valence-electron chi connectivity index (χ3n) is 7.00. The number of anilines is 1. The van der Waals surface area contributed by atoms with Gasteiger partial charge in [0.25, 0.3) is 0 Å². The molecule has 9 heteroatoms. The first-order valence-corrected chi connectivity index (χ1v) is 11.0. The highest BCUT2D eigenvalue weighted by atomic mass is 19.4. The Morgan fingerprint density at radius 2 is 1.84 bits per heavy atom. The minimum atomic E-state index is -4.54. The van der Waals surface area contributed by atoms with E-state index in [0.29, 0.717) is 35.2 Å². The maximum atomic E-state index is 13.3. The monoisotopic (exact) mass is 435 g/mol. The maximum Gasteiger partial charge on any atom is 0.419 e. The van der Waals surface area contributed by atoms with Crippen molar-refractivity contribution in [3.63, 3.8) is 0 Å². The van der Waals surface area contributed by atoms with Gasteiger partial charge in [0.15, 0.2) is 0 Å². The van der Waals surface area contributed by atoms with E-state index in [2.05, 4.69) is 28.3 Å². The van der Waals surface area contributed by atoms with Gasteiger partial charge in [0.05, 0.1) is 11.3 Å². The van der Waals surface area contributed by atoms with Crippen LogP contribution in [0.3, 0.4) is 0 Å². The number of rotatable bonds is 4. The number of pyridine rings is 1. The smallest absolute Gasteiger partial charge is 0.383 e. The van der Waals surface area contributed by atoms with E-state index < -0.39 is 17.6 Å². The molecule has 0 unspecified atom stereocenters. The molecule has 0 aromatic carbocycles. The van der Waals surface area contributed by atoms with Crippen molar-refractivity contribution >= 4 is 5.82 Å². The van der Waals surface area contributed by atoms with Crippen LogP contribution in [0, 0.1) is 11.8 Å². The van der Waals surface area contributed by atoms with Gasteiger partial charge < -0.3 is 15.0 Å². The van der Waals surface area contributed by atoms with Crippen molar-refractivity contribution in [1.82, 2.24) is 19.4 Å². The average molecular weight is 435 g/mol. The normalized spacial score (nSPS) is 27.1. The second-order valence-electron chi connectivity index (χ2n) is 9.32. The zero-order valence-electron chi connectivity index (χ0n) is 17.8. The molecule has 2 N–H and O–H groups in total. The van der Waals surface area contributed by atoms with Crippen LogP contribution in [-0.4, -0.2) is 51.8 Å². The zero-order chi connectivity index (χ0) is 21.9. The van der Waals surface area contributed by atoms with Crippen LogP contribution in [0.15, 0.2) is 18.5 Å². The summed E-state index contributed by atoms with van der Waals surface area (Å²) in [5.74, 6) is 1.74. The first kappa shape index (κ1) is 20.8. The quantitative estimate of drug-likeness (QED) is 0.788. The Hall–Kier alpha value is -2.13. The van der Waals surface area contributed by atoms with Gasteiger partial charge in [0.2, 0.25) is 0 Å². The van der Waals surface area contributed by atoms with Gasteiger partial charge in [-0.05, 0) is 30.7 Å². The molecule has 1 saturated carbocycles. The fourth-order valence-corrected chi connectivity index (χ4v) is 5.34. The number of aromatic nitrogens is 3. The van der Waals surface area contributed by atoms with E-state index in [1.807, 2.05) is 6.20 Å². The highest BCUT2D eigenvalue weighted by molar-refractivity contribution is 5.62. The summed E-state index contributed by atoms with van der Waals surface area (Å²) in [6, 6.07) is 2.05. The van der Waals surface area contributed by atoms with Crippen molar-refractivity contribution in [2.45, 2.75) is 50.9 Å². The Morgan fingerprint density at radius 3 is 2.45 bits per heavy atom. The average Bonchev–Trinajstić information content (AvgIpc) is 3.09. The van der Waals surface area contributed by atoms with Gasteiger partial charge in [-0.25, -0.2) is 9.97 Å². The Bertz CT molecular complexity index is 955. The number of ether oxygens (including phenoxy) is 1. The summed E-state index contributed by atoms with van der Waals surface area (Å²) >= 11 is 0. The summed E-state index contributed by atoms with van der Waals surface area (Å²) in [7, 11) is 0. The Morgan fingerprint density at radius 1 is 1.16 bits per heavy atom. The summed E-state index contributed by atoms with van der Waals surface area (Å²) < 4.78 is 47.5. The van der Waals surface area contributed by atoms with E-state index in [4.69, 9.17) is 15.5 Å². The van der Waals surface area contributed by atoms with Crippen LogP contribution < -0.4 is 5.73 Å².